The molecule has 0 fully saturated rings. The van der Waals surface area contributed by atoms with Gasteiger partial charge in [-0.2, -0.15) is 0 Å². The molecule has 0 saturated carbocycles. The molecule has 0 aliphatic carbocycles. The van der Waals surface area contributed by atoms with E-state index in [1.54, 1.807) is 0 Å². The van der Waals surface area contributed by atoms with Crippen molar-refractivity contribution in [1.82, 2.24) is 0 Å². The minimum atomic E-state index is -0.0752. The molecule has 0 amide bonds. The zero-order valence-electron chi connectivity index (χ0n) is 34.2. The fraction of sp³-hybridized carbons (Fsp3) is 0.957. The number of ketones is 1. The fourth-order valence-electron chi connectivity index (χ4n) is 7.21. The van der Waals surface area contributed by atoms with Crippen LogP contribution in [-0.2, 0) is 14.3 Å². The second-order valence-corrected chi connectivity index (χ2v) is 16.3. The van der Waals surface area contributed by atoms with Crippen molar-refractivity contribution in [2.75, 3.05) is 0 Å². The number of unbranched alkanes of at least 4 members (excludes halogenated alkanes) is 29. The van der Waals surface area contributed by atoms with Crippen molar-refractivity contribution in [2.24, 2.45) is 5.92 Å². The maximum atomic E-state index is 12.7. The Morgan fingerprint density at radius 3 is 1.08 bits per heavy atom. The fourth-order valence-corrected chi connectivity index (χ4v) is 7.21. The highest BCUT2D eigenvalue weighted by Crippen LogP contribution is 2.19. The molecule has 0 aliphatic heterocycles. The summed E-state index contributed by atoms with van der Waals surface area (Å²) in [6, 6.07) is 0. The Labute approximate surface area is 309 Å². The van der Waals surface area contributed by atoms with Crippen LogP contribution in [0.3, 0.4) is 0 Å². The van der Waals surface area contributed by atoms with Crippen LogP contribution in [0.4, 0.5) is 0 Å². The molecule has 1 atom stereocenters. The van der Waals surface area contributed by atoms with Gasteiger partial charge in [0.05, 0.1) is 0 Å². The molecule has 3 nitrogen and oxygen atoms in total. The molecule has 0 aromatic rings. The lowest BCUT2D eigenvalue weighted by Crippen LogP contribution is -2.19. The highest BCUT2D eigenvalue weighted by molar-refractivity contribution is 5.78. The Morgan fingerprint density at radius 1 is 0.367 bits per heavy atom. The quantitative estimate of drug-likeness (QED) is 0.0474. The Kier molecular flexibility index (Phi) is 39.2. The van der Waals surface area contributed by atoms with Crippen LogP contribution in [0.5, 0.6) is 0 Å². The largest absolute Gasteiger partial charge is 0.462 e. The van der Waals surface area contributed by atoms with Gasteiger partial charge in [0.1, 0.15) is 11.9 Å². The van der Waals surface area contributed by atoms with Gasteiger partial charge in [-0.3, -0.25) is 9.59 Å². The Hall–Kier alpha value is -0.860. The number of esters is 1. The van der Waals surface area contributed by atoms with E-state index in [4.69, 9.17) is 4.74 Å². The molecule has 0 aliphatic rings. The van der Waals surface area contributed by atoms with E-state index >= 15 is 0 Å². The first kappa shape index (κ1) is 48.1. The van der Waals surface area contributed by atoms with Gasteiger partial charge in [-0.1, -0.05) is 220 Å². The number of rotatable bonds is 41. The second kappa shape index (κ2) is 39.9. The molecule has 0 aromatic heterocycles. The molecule has 0 radical (unpaired) electrons. The van der Waals surface area contributed by atoms with Crippen molar-refractivity contribution in [2.45, 2.75) is 278 Å². The van der Waals surface area contributed by atoms with E-state index in [2.05, 4.69) is 27.7 Å². The summed E-state index contributed by atoms with van der Waals surface area (Å²) in [4.78, 5) is 25.5. The summed E-state index contributed by atoms with van der Waals surface area (Å²) in [6.07, 6.45) is 46.6. The summed E-state index contributed by atoms with van der Waals surface area (Å²) in [5.41, 5.74) is 0. The molecule has 0 spiro atoms. The van der Waals surface area contributed by atoms with E-state index < -0.39 is 0 Å². The third kappa shape index (κ3) is 39.8. The maximum Gasteiger partial charge on any atom is 0.306 e. The minimum absolute atomic E-state index is 0.0362. The molecule has 3 heteroatoms. The van der Waals surface area contributed by atoms with Gasteiger partial charge in [0, 0.05) is 19.3 Å². The molecule has 49 heavy (non-hydrogen) atoms. The summed E-state index contributed by atoms with van der Waals surface area (Å²) >= 11 is 0. The minimum Gasteiger partial charge on any atom is -0.462 e. The summed E-state index contributed by atoms with van der Waals surface area (Å²) < 4.78 is 6.00. The van der Waals surface area contributed by atoms with Crippen LogP contribution in [0.2, 0.25) is 0 Å². The van der Waals surface area contributed by atoms with E-state index in [9.17, 15) is 9.59 Å². The van der Waals surface area contributed by atoms with Crippen LogP contribution in [0.1, 0.15) is 272 Å². The van der Waals surface area contributed by atoms with Gasteiger partial charge in [-0.15, -0.1) is 0 Å². The van der Waals surface area contributed by atoms with Crippen LogP contribution >= 0.6 is 0 Å². The molecular formula is C46H90O3. The molecule has 0 saturated heterocycles. The molecular weight excluding hydrogens is 601 g/mol. The topological polar surface area (TPSA) is 43.4 Å². The summed E-state index contributed by atoms with van der Waals surface area (Å²) in [5.74, 6) is 1.19. The molecule has 0 heterocycles. The zero-order valence-corrected chi connectivity index (χ0v) is 34.2. The average Bonchev–Trinajstić information content (AvgIpc) is 3.08. The smallest absolute Gasteiger partial charge is 0.306 e. The highest BCUT2D eigenvalue weighted by atomic mass is 16.5. The predicted molar refractivity (Wildman–Crippen MR) is 217 cm³/mol. The van der Waals surface area contributed by atoms with Gasteiger partial charge in [-0.05, 0) is 38.0 Å². The molecule has 0 rings (SSSR count). The first-order valence-electron chi connectivity index (χ1n) is 22.7. The molecule has 0 bridgehead atoms. The SMILES string of the molecule is CCCCCCCCCCCCCC(=O)OC(CCCCCCCCCCC)CCC(=O)CCCCCCCCCCCCCCC(C)C. The van der Waals surface area contributed by atoms with Crippen molar-refractivity contribution < 1.29 is 14.3 Å². The first-order chi connectivity index (χ1) is 24.0. The van der Waals surface area contributed by atoms with Gasteiger partial charge in [0.15, 0.2) is 0 Å². The standard InChI is InChI=1S/C46H90O3/c1-5-7-9-11-13-15-18-24-28-32-36-40-46(48)49-45(39-35-31-27-21-14-12-10-8-6-2)42-41-44(47)38-34-30-26-23-20-17-16-19-22-25-29-33-37-43(3)4/h43,45H,5-42H2,1-4H3. The van der Waals surface area contributed by atoms with Gasteiger partial charge >= 0.3 is 5.97 Å². The van der Waals surface area contributed by atoms with Gasteiger partial charge in [-0.25, -0.2) is 0 Å². The van der Waals surface area contributed by atoms with Gasteiger partial charge < -0.3 is 4.74 Å². The number of hydrogen-bond donors (Lipinski definition) is 0. The average molecular weight is 691 g/mol. The number of carbonyl (C=O) groups is 2. The summed E-state index contributed by atoms with van der Waals surface area (Å²) in [7, 11) is 0. The Balaban J connectivity index is 4.10. The second-order valence-electron chi connectivity index (χ2n) is 16.3. The van der Waals surface area contributed by atoms with Crippen molar-refractivity contribution in [3.63, 3.8) is 0 Å². The number of Topliss-reactive ketones (excluding diaryl/α,β-unsaturated/α-hetero) is 1. The van der Waals surface area contributed by atoms with Crippen molar-refractivity contribution in [1.29, 1.82) is 0 Å². The summed E-state index contributed by atoms with van der Waals surface area (Å²) in [6.45, 7) is 9.20. The lowest BCUT2D eigenvalue weighted by Gasteiger charge is -2.18. The maximum absolute atomic E-state index is 12.7. The predicted octanol–water partition coefficient (Wildman–Crippen LogP) is 16.0. The van der Waals surface area contributed by atoms with E-state index in [-0.39, 0.29) is 12.1 Å². The van der Waals surface area contributed by atoms with Crippen LogP contribution in [0.25, 0.3) is 0 Å². The van der Waals surface area contributed by atoms with E-state index in [0.29, 0.717) is 25.0 Å². The van der Waals surface area contributed by atoms with Crippen LogP contribution < -0.4 is 0 Å². The molecule has 292 valence electrons. The number of carbonyl (C=O) groups excluding carboxylic acids is 2. The van der Waals surface area contributed by atoms with Crippen LogP contribution in [0.15, 0.2) is 0 Å². The normalized spacial score (nSPS) is 12.2. The van der Waals surface area contributed by atoms with E-state index in [1.807, 2.05) is 0 Å². The van der Waals surface area contributed by atoms with Crippen molar-refractivity contribution >= 4 is 11.8 Å². The van der Waals surface area contributed by atoms with Crippen molar-refractivity contribution in [3.8, 4) is 0 Å². The lowest BCUT2D eigenvalue weighted by atomic mass is 10.00. The Bertz CT molecular complexity index is 671. The van der Waals surface area contributed by atoms with Crippen molar-refractivity contribution in [3.05, 3.63) is 0 Å². The van der Waals surface area contributed by atoms with Gasteiger partial charge in [0.2, 0.25) is 0 Å². The monoisotopic (exact) mass is 691 g/mol. The third-order valence-corrected chi connectivity index (χ3v) is 10.6. The first-order valence-corrected chi connectivity index (χ1v) is 22.7. The zero-order chi connectivity index (χ0) is 35.9. The van der Waals surface area contributed by atoms with Gasteiger partial charge in [0.25, 0.3) is 0 Å². The summed E-state index contributed by atoms with van der Waals surface area (Å²) in [5, 5.41) is 0. The number of hydrogen-bond acceptors (Lipinski definition) is 3. The Morgan fingerprint density at radius 2 is 0.694 bits per heavy atom. The van der Waals surface area contributed by atoms with E-state index in [0.717, 1.165) is 44.4 Å². The lowest BCUT2D eigenvalue weighted by molar-refractivity contribution is -0.150. The number of ether oxygens (including phenoxy) is 1. The molecule has 1 unspecified atom stereocenters. The van der Waals surface area contributed by atoms with Crippen LogP contribution in [0, 0.1) is 5.92 Å². The molecule has 0 aromatic carbocycles. The molecule has 0 N–H and O–H groups in total. The highest BCUT2D eigenvalue weighted by Gasteiger charge is 2.16. The van der Waals surface area contributed by atoms with E-state index in [1.165, 1.54) is 186 Å². The van der Waals surface area contributed by atoms with Crippen LogP contribution in [-0.4, -0.2) is 17.9 Å². The third-order valence-electron chi connectivity index (χ3n) is 10.6.